The minimum absolute atomic E-state index is 0.0401. The molecule has 0 unspecified atom stereocenters. The van der Waals surface area contributed by atoms with Gasteiger partial charge in [-0.15, -0.1) is 0 Å². The standard InChI is InChI=1S/C20H22ClN3O3S/c1-27-17-6-5-13(9-16(17)21)14-10-18(25)23-20(15(14)11-22)28-12-19(26)24-7-3-2-4-8-24/h5-6,9,14H,2-4,7-8,10,12H2,1H3,(H,23,25)/t14-/m1/s1. The normalized spacial score (nSPS) is 19.8. The van der Waals surface area contributed by atoms with Crippen molar-refractivity contribution in [3.05, 3.63) is 39.4 Å². The number of nitriles is 1. The third-order valence-corrected chi connectivity index (χ3v) is 6.28. The molecule has 2 heterocycles. The van der Waals surface area contributed by atoms with Gasteiger partial charge in [0.15, 0.2) is 0 Å². The molecule has 6 nitrogen and oxygen atoms in total. The van der Waals surface area contributed by atoms with E-state index in [2.05, 4.69) is 11.4 Å². The van der Waals surface area contributed by atoms with E-state index in [-0.39, 0.29) is 24.0 Å². The summed E-state index contributed by atoms with van der Waals surface area (Å²) in [6, 6.07) is 7.48. The first-order valence-electron chi connectivity index (χ1n) is 9.21. The van der Waals surface area contributed by atoms with Crippen LogP contribution in [0.1, 0.15) is 37.2 Å². The summed E-state index contributed by atoms with van der Waals surface area (Å²) in [5.74, 6) is 0.212. The first-order chi connectivity index (χ1) is 13.5. The minimum Gasteiger partial charge on any atom is -0.495 e. The smallest absolute Gasteiger partial charge is 0.232 e. The maximum atomic E-state index is 12.4. The van der Waals surface area contributed by atoms with Crippen LogP contribution in [0.2, 0.25) is 5.02 Å². The zero-order valence-electron chi connectivity index (χ0n) is 15.7. The lowest BCUT2D eigenvalue weighted by atomic mass is 9.87. The maximum Gasteiger partial charge on any atom is 0.232 e. The van der Waals surface area contributed by atoms with Crippen molar-refractivity contribution in [2.75, 3.05) is 26.0 Å². The third-order valence-electron chi connectivity index (χ3n) is 4.98. The summed E-state index contributed by atoms with van der Waals surface area (Å²) in [4.78, 5) is 26.5. The largest absolute Gasteiger partial charge is 0.495 e. The minimum atomic E-state index is -0.394. The number of carbonyl (C=O) groups is 2. The number of methoxy groups -OCH3 is 1. The Morgan fingerprint density at radius 2 is 2.14 bits per heavy atom. The maximum absolute atomic E-state index is 12.4. The number of allylic oxidation sites excluding steroid dienone is 1. The zero-order chi connectivity index (χ0) is 20.1. The average Bonchev–Trinajstić information content (AvgIpc) is 2.72. The van der Waals surface area contributed by atoms with Gasteiger partial charge >= 0.3 is 0 Å². The third kappa shape index (κ3) is 4.62. The van der Waals surface area contributed by atoms with Crippen molar-refractivity contribution in [2.24, 2.45) is 0 Å². The molecule has 0 aromatic heterocycles. The second-order valence-corrected chi connectivity index (χ2v) is 8.18. The topological polar surface area (TPSA) is 82.4 Å². The fourth-order valence-corrected chi connectivity index (χ4v) is 4.73. The molecular formula is C20H22ClN3O3S. The quantitative estimate of drug-likeness (QED) is 0.790. The van der Waals surface area contributed by atoms with Crippen LogP contribution in [0.5, 0.6) is 5.75 Å². The van der Waals surface area contributed by atoms with Gasteiger partial charge < -0.3 is 15.0 Å². The Kier molecular flexibility index (Phi) is 6.87. The number of carbonyl (C=O) groups excluding carboxylic acids is 2. The van der Waals surface area contributed by atoms with Gasteiger partial charge in [0, 0.05) is 25.4 Å². The van der Waals surface area contributed by atoms with Gasteiger partial charge in [-0.1, -0.05) is 29.4 Å². The van der Waals surface area contributed by atoms with Crippen LogP contribution < -0.4 is 10.1 Å². The zero-order valence-corrected chi connectivity index (χ0v) is 17.2. The predicted molar refractivity (Wildman–Crippen MR) is 109 cm³/mol. The number of nitrogens with zero attached hydrogens (tertiary/aromatic N) is 2. The van der Waals surface area contributed by atoms with Crippen molar-refractivity contribution >= 4 is 35.2 Å². The highest BCUT2D eigenvalue weighted by molar-refractivity contribution is 8.03. The molecule has 2 amide bonds. The number of piperidine rings is 1. The number of benzene rings is 1. The molecule has 0 spiro atoms. The second kappa shape index (κ2) is 9.35. The van der Waals surface area contributed by atoms with Gasteiger partial charge in [-0.2, -0.15) is 5.26 Å². The second-order valence-electron chi connectivity index (χ2n) is 6.78. The van der Waals surface area contributed by atoms with Crippen LogP contribution in [-0.4, -0.2) is 42.7 Å². The number of rotatable bonds is 5. The molecule has 0 aliphatic carbocycles. The summed E-state index contributed by atoms with van der Waals surface area (Å²) in [5, 5.41) is 13.4. The van der Waals surface area contributed by atoms with E-state index in [1.54, 1.807) is 12.1 Å². The van der Waals surface area contributed by atoms with Crippen molar-refractivity contribution in [1.29, 1.82) is 5.26 Å². The monoisotopic (exact) mass is 419 g/mol. The molecule has 148 valence electrons. The van der Waals surface area contributed by atoms with Crippen LogP contribution in [0, 0.1) is 11.3 Å². The van der Waals surface area contributed by atoms with E-state index in [1.807, 2.05) is 11.0 Å². The molecule has 1 N–H and O–H groups in total. The Hall–Kier alpha value is -2.17. The summed E-state index contributed by atoms with van der Waals surface area (Å²) < 4.78 is 5.17. The van der Waals surface area contributed by atoms with E-state index in [1.165, 1.54) is 18.9 Å². The number of hydrogen-bond donors (Lipinski definition) is 1. The van der Waals surface area contributed by atoms with Crippen LogP contribution >= 0.6 is 23.4 Å². The highest BCUT2D eigenvalue weighted by Gasteiger charge is 2.30. The molecule has 28 heavy (non-hydrogen) atoms. The predicted octanol–water partition coefficient (Wildman–Crippen LogP) is 3.43. The van der Waals surface area contributed by atoms with Gasteiger partial charge in [0.05, 0.1) is 34.6 Å². The lowest BCUT2D eigenvalue weighted by Crippen LogP contribution is -2.37. The number of nitrogens with one attached hydrogen (secondary N) is 1. The number of ether oxygens (including phenoxy) is 1. The Morgan fingerprint density at radius 1 is 1.39 bits per heavy atom. The van der Waals surface area contributed by atoms with Crippen LogP contribution in [-0.2, 0) is 9.59 Å². The van der Waals surface area contributed by atoms with Gasteiger partial charge in [-0.05, 0) is 37.0 Å². The molecule has 0 saturated carbocycles. The van der Waals surface area contributed by atoms with Crippen LogP contribution in [0.3, 0.4) is 0 Å². The van der Waals surface area contributed by atoms with Crippen molar-refractivity contribution in [1.82, 2.24) is 10.2 Å². The van der Waals surface area contributed by atoms with Crippen molar-refractivity contribution in [2.45, 2.75) is 31.6 Å². The number of likely N-dealkylation sites (tertiary alicyclic amines) is 1. The van der Waals surface area contributed by atoms with E-state index in [0.29, 0.717) is 21.4 Å². The fourth-order valence-electron chi connectivity index (χ4n) is 3.49. The van der Waals surface area contributed by atoms with Crippen LogP contribution in [0.4, 0.5) is 0 Å². The molecular weight excluding hydrogens is 398 g/mol. The van der Waals surface area contributed by atoms with Crippen molar-refractivity contribution < 1.29 is 14.3 Å². The number of hydrogen-bond acceptors (Lipinski definition) is 5. The number of halogens is 1. The molecule has 1 fully saturated rings. The summed E-state index contributed by atoms with van der Waals surface area (Å²) in [5.41, 5.74) is 1.23. The first kappa shape index (κ1) is 20.6. The highest BCUT2D eigenvalue weighted by atomic mass is 35.5. The molecule has 0 bridgehead atoms. The number of amides is 2. The van der Waals surface area contributed by atoms with E-state index in [0.717, 1.165) is 37.9 Å². The molecule has 0 radical (unpaired) electrons. The summed E-state index contributed by atoms with van der Waals surface area (Å²) in [7, 11) is 1.53. The van der Waals surface area contributed by atoms with Crippen LogP contribution in [0.15, 0.2) is 28.8 Å². The lowest BCUT2D eigenvalue weighted by molar-refractivity contribution is -0.129. The van der Waals surface area contributed by atoms with Gasteiger partial charge in [0.2, 0.25) is 11.8 Å². The van der Waals surface area contributed by atoms with Gasteiger partial charge in [-0.3, -0.25) is 9.59 Å². The van der Waals surface area contributed by atoms with E-state index in [4.69, 9.17) is 16.3 Å². The Morgan fingerprint density at radius 3 is 2.79 bits per heavy atom. The Bertz CT molecular complexity index is 844. The Labute approximate surface area is 173 Å². The molecule has 2 aliphatic rings. The molecule has 1 aromatic rings. The number of thioether (sulfide) groups is 1. The van der Waals surface area contributed by atoms with Crippen molar-refractivity contribution in [3.8, 4) is 11.8 Å². The molecule has 2 aliphatic heterocycles. The average molecular weight is 420 g/mol. The van der Waals surface area contributed by atoms with Gasteiger partial charge in [-0.25, -0.2) is 0 Å². The molecule has 1 atom stereocenters. The molecule has 8 heteroatoms. The van der Waals surface area contributed by atoms with E-state index in [9.17, 15) is 14.9 Å². The van der Waals surface area contributed by atoms with E-state index < -0.39 is 5.92 Å². The Balaban J connectivity index is 1.80. The highest BCUT2D eigenvalue weighted by Crippen LogP contribution is 2.38. The van der Waals surface area contributed by atoms with Gasteiger partial charge in [0.1, 0.15) is 5.75 Å². The SMILES string of the molecule is COc1ccc([C@H]2CC(=O)NC(SCC(=O)N3CCCCC3)=C2C#N)cc1Cl. The molecule has 3 rings (SSSR count). The first-order valence-corrected chi connectivity index (χ1v) is 10.6. The summed E-state index contributed by atoms with van der Waals surface area (Å²) >= 11 is 7.44. The van der Waals surface area contributed by atoms with Crippen molar-refractivity contribution in [3.63, 3.8) is 0 Å². The lowest BCUT2D eigenvalue weighted by Gasteiger charge is -2.28. The molecule has 1 saturated heterocycles. The molecule has 1 aromatic carbocycles. The van der Waals surface area contributed by atoms with Crippen LogP contribution in [0.25, 0.3) is 0 Å². The van der Waals surface area contributed by atoms with Gasteiger partial charge in [0.25, 0.3) is 0 Å². The summed E-state index contributed by atoms with van der Waals surface area (Å²) in [6.45, 7) is 1.56. The van der Waals surface area contributed by atoms with E-state index >= 15 is 0 Å². The summed E-state index contributed by atoms with van der Waals surface area (Å²) in [6.07, 6.45) is 3.37. The fraction of sp³-hybridized carbons (Fsp3) is 0.450.